The Morgan fingerprint density at radius 2 is 1.95 bits per heavy atom. The van der Waals surface area contributed by atoms with Crippen molar-refractivity contribution in [3.8, 4) is 0 Å². The van der Waals surface area contributed by atoms with Gasteiger partial charge in [0.05, 0.1) is 10.7 Å². The van der Waals surface area contributed by atoms with Gasteiger partial charge in [0.2, 0.25) is 0 Å². The number of hydrazine groups is 1. The van der Waals surface area contributed by atoms with Crippen LogP contribution in [0.15, 0.2) is 24.3 Å². The maximum Gasteiger partial charge on any atom is 0.158 e. The van der Waals surface area contributed by atoms with Crippen molar-refractivity contribution in [3.63, 3.8) is 0 Å². The summed E-state index contributed by atoms with van der Waals surface area (Å²) >= 11 is 12.0. The van der Waals surface area contributed by atoms with Crippen molar-refractivity contribution < 1.29 is 4.74 Å². The van der Waals surface area contributed by atoms with E-state index in [1.165, 1.54) is 0 Å². The van der Waals surface area contributed by atoms with Crippen LogP contribution in [-0.2, 0) is 11.3 Å². The minimum atomic E-state index is 0.301. The number of rotatable bonds is 6. The molecule has 2 aromatic rings. The van der Waals surface area contributed by atoms with Gasteiger partial charge in [-0.2, -0.15) is 0 Å². The summed E-state index contributed by atoms with van der Waals surface area (Å²) < 4.78 is 5.30. The molecular weight excluding hydrogens is 313 g/mol. The molecule has 4 N–H and O–H groups in total. The van der Waals surface area contributed by atoms with Crippen LogP contribution in [0.3, 0.4) is 0 Å². The van der Waals surface area contributed by atoms with E-state index in [4.69, 9.17) is 33.8 Å². The Morgan fingerprint density at radius 3 is 2.62 bits per heavy atom. The molecule has 8 heteroatoms. The first-order chi connectivity index (χ1) is 10.1. The number of nitrogens with two attached hydrogens (primary N) is 1. The molecule has 0 saturated carbocycles. The first kappa shape index (κ1) is 15.8. The number of hydrogen-bond acceptors (Lipinski definition) is 6. The van der Waals surface area contributed by atoms with Crippen LogP contribution < -0.4 is 16.6 Å². The molecule has 0 radical (unpaired) electrons. The first-order valence-electron chi connectivity index (χ1n) is 6.26. The van der Waals surface area contributed by atoms with E-state index in [-0.39, 0.29) is 0 Å². The maximum atomic E-state index is 6.12. The predicted molar refractivity (Wildman–Crippen MR) is 84.9 cm³/mol. The van der Waals surface area contributed by atoms with Crippen molar-refractivity contribution in [2.24, 2.45) is 5.84 Å². The Bertz CT molecular complexity index is 624. The number of ether oxygens (including phenoxy) is 1. The van der Waals surface area contributed by atoms with Gasteiger partial charge in [0.25, 0.3) is 0 Å². The van der Waals surface area contributed by atoms with Gasteiger partial charge >= 0.3 is 0 Å². The fourth-order valence-corrected chi connectivity index (χ4v) is 2.08. The van der Waals surface area contributed by atoms with Gasteiger partial charge in [-0.15, -0.1) is 0 Å². The van der Waals surface area contributed by atoms with E-state index < -0.39 is 0 Å². The molecule has 0 aliphatic heterocycles. The summed E-state index contributed by atoms with van der Waals surface area (Å²) in [7, 11) is 0. The normalized spacial score (nSPS) is 10.5. The third kappa shape index (κ3) is 4.44. The second kappa shape index (κ2) is 7.42. The van der Waals surface area contributed by atoms with Gasteiger partial charge < -0.3 is 15.5 Å². The number of nitrogens with one attached hydrogen (secondary N) is 2. The zero-order valence-corrected chi connectivity index (χ0v) is 12.9. The molecule has 1 heterocycles. The summed E-state index contributed by atoms with van der Waals surface area (Å²) in [6, 6.07) is 6.82. The zero-order valence-electron chi connectivity index (χ0n) is 11.4. The molecule has 0 saturated heterocycles. The number of hydrogen-bond donors (Lipinski definition) is 3. The quantitative estimate of drug-likeness (QED) is 0.557. The summed E-state index contributed by atoms with van der Waals surface area (Å²) in [6.45, 7) is 2.78. The van der Waals surface area contributed by atoms with E-state index in [0.29, 0.717) is 46.4 Å². The molecule has 1 aromatic heterocycles. The summed E-state index contributed by atoms with van der Waals surface area (Å²) in [5, 5.41) is 4.16. The van der Waals surface area contributed by atoms with Crippen molar-refractivity contribution in [2.45, 2.75) is 13.5 Å². The Hall–Kier alpha value is -1.60. The van der Waals surface area contributed by atoms with Crippen molar-refractivity contribution in [1.29, 1.82) is 0 Å². The van der Waals surface area contributed by atoms with Gasteiger partial charge in [0.15, 0.2) is 5.82 Å². The van der Waals surface area contributed by atoms with E-state index in [2.05, 4.69) is 20.7 Å². The average Bonchev–Trinajstić information content (AvgIpc) is 2.48. The molecule has 0 atom stereocenters. The van der Waals surface area contributed by atoms with Crippen LogP contribution in [-0.4, -0.2) is 16.6 Å². The molecule has 6 nitrogen and oxygen atoms in total. The lowest BCUT2D eigenvalue weighted by Gasteiger charge is -2.11. The Labute approximate surface area is 132 Å². The molecule has 1 aromatic carbocycles. The van der Waals surface area contributed by atoms with Crippen molar-refractivity contribution in [2.75, 3.05) is 17.3 Å². The number of halogens is 2. The Balaban J connectivity index is 2.25. The highest BCUT2D eigenvalue weighted by molar-refractivity contribution is 6.36. The summed E-state index contributed by atoms with van der Waals surface area (Å²) in [4.78, 5) is 8.54. The smallest absolute Gasteiger partial charge is 0.158 e. The Morgan fingerprint density at radius 1 is 1.19 bits per heavy atom. The van der Waals surface area contributed by atoms with E-state index in [1.54, 1.807) is 24.3 Å². The summed E-state index contributed by atoms with van der Waals surface area (Å²) in [6.07, 6.45) is 0. The van der Waals surface area contributed by atoms with Gasteiger partial charge in [0.1, 0.15) is 18.2 Å². The first-order valence-corrected chi connectivity index (χ1v) is 7.02. The number of aromatic nitrogens is 2. The van der Waals surface area contributed by atoms with Gasteiger partial charge in [-0.1, -0.05) is 23.2 Å². The standard InChI is InChI=1S/C13H15Cl2N5O/c1-2-21-7-13-18-11(6-12(19-13)20-16)17-10-4-3-8(14)5-9(10)15/h3-6H,2,7,16H2,1H3,(H2,17,18,19,20). The van der Waals surface area contributed by atoms with Crippen LogP contribution >= 0.6 is 23.2 Å². The highest BCUT2D eigenvalue weighted by Crippen LogP contribution is 2.28. The van der Waals surface area contributed by atoms with Gasteiger partial charge in [-0.05, 0) is 25.1 Å². The monoisotopic (exact) mass is 327 g/mol. The molecular formula is C13H15Cl2N5O. The fourth-order valence-electron chi connectivity index (χ4n) is 1.62. The minimum absolute atomic E-state index is 0.301. The SMILES string of the molecule is CCOCc1nc(NN)cc(Nc2ccc(Cl)cc2Cl)n1. The lowest BCUT2D eigenvalue weighted by atomic mass is 10.3. The molecule has 2 rings (SSSR count). The molecule has 0 bridgehead atoms. The van der Waals surface area contributed by atoms with Crippen LogP contribution in [0.4, 0.5) is 17.3 Å². The molecule has 0 spiro atoms. The van der Waals surface area contributed by atoms with Crippen molar-refractivity contribution in [1.82, 2.24) is 9.97 Å². The van der Waals surface area contributed by atoms with Gasteiger partial charge in [-0.25, -0.2) is 15.8 Å². The van der Waals surface area contributed by atoms with Crippen LogP contribution in [0, 0.1) is 0 Å². The average molecular weight is 328 g/mol. The fraction of sp³-hybridized carbons (Fsp3) is 0.231. The summed E-state index contributed by atoms with van der Waals surface area (Å²) in [5.41, 5.74) is 3.18. The van der Waals surface area contributed by atoms with Crippen LogP contribution in [0.1, 0.15) is 12.7 Å². The summed E-state index contributed by atoms with van der Waals surface area (Å²) in [5.74, 6) is 6.95. The Kier molecular flexibility index (Phi) is 5.58. The van der Waals surface area contributed by atoms with E-state index in [9.17, 15) is 0 Å². The maximum absolute atomic E-state index is 6.12. The van der Waals surface area contributed by atoms with Gasteiger partial charge in [-0.3, -0.25) is 0 Å². The molecule has 112 valence electrons. The van der Waals surface area contributed by atoms with E-state index in [1.807, 2.05) is 6.92 Å². The number of benzene rings is 1. The number of nitrogen functional groups attached to an aromatic ring is 1. The van der Waals surface area contributed by atoms with E-state index >= 15 is 0 Å². The lowest BCUT2D eigenvalue weighted by molar-refractivity contribution is 0.128. The lowest BCUT2D eigenvalue weighted by Crippen LogP contribution is -2.12. The molecule has 0 unspecified atom stereocenters. The second-order valence-corrected chi connectivity index (χ2v) is 4.93. The van der Waals surface area contributed by atoms with Crippen LogP contribution in [0.5, 0.6) is 0 Å². The van der Waals surface area contributed by atoms with Crippen LogP contribution in [0.25, 0.3) is 0 Å². The largest absolute Gasteiger partial charge is 0.374 e. The second-order valence-electron chi connectivity index (χ2n) is 4.09. The molecule has 0 amide bonds. The van der Waals surface area contributed by atoms with Crippen molar-refractivity contribution >= 4 is 40.5 Å². The molecule has 0 fully saturated rings. The van der Waals surface area contributed by atoms with Crippen molar-refractivity contribution in [3.05, 3.63) is 40.1 Å². The third-order valence-electron chi connectivity index (χ3n) is 2.55. The number of anilines is 3. The van der Waals surface area contributed by atoms with Crippen LogP contribution in [0.2, 0.25) is 10.0 Å². The highest BCUT2D eigenvalue weighted by Gasteiger charge is 2.07. The topological polar surface area (TPSA) is 85.1 Å². The molecule has 0 aliphatic rings. The zero-order chi connectivity index (χ0) is 15.2. The molecule has 0 aliphatic carbocycles. The predicted octanol–water partition coefficient (Wildman–Crippen LogP) is 3.35. The molecule has 21 heavy (non-hydrogen) atoms. The van der Waals surface area contributed by atoms with Gasteiger partial charge in [0, 0.05) is 17.7 Å². The van der Waals surface area contributed by atoms with E-state index in [0.717, 1.165) is 0 Å². The third-order valence-corrected chi connectivity index (χ3v) is 3.10. The number of nitrogens with zero attached hydrogens (tertiary/aromatic N) is 2. The minimum Gasteiger partial charge on any atom is -0.374 e. The highest BCUT2D eigenvalue weighted by atomic mass is 35.5.